The van der Waals surface area contributed by atoms with E-state index in [1.54, 1.807) is 48.1 Å². The lowest BCUT2D eigenvalue weighted by Crippen LogP contribution is -2.22. The number of para-hydroxylation sites is 1. The number of nitrogens with zero attached hydrogens (tertiary/aromatic N) is 2. The van der Waals surface area contributed by atoms with Crippen LogP contribution >= 0.6 is 35.0 Å². The van der Waals surface area contributed by atoms with E-state index < -0.39 is 0 Å². The van der Waals surface area contributed by atoms with Gasteiger partial charge in [0.15, 0.2) is 5.16 Å². The van der Waals surface area contributed by atoms with Crippen LogP contribution in [-0.4, -0.2) is 29.0 Å². The van der Waals surface area contributed by atoms with Crippen LogP contribution in [0.4, 0.5) is 0 Å². The Morgan fingerprint density at radius 3 is 2.55 bits per heavy atom. The van der Waals surface area contributed by atoms with Gasteiger partial charge >= 0.3 is 0 Å². The van der Waals surface area contributed by atoms with Gasteiger partial charge in [-0.1, -0.05) is 47.1 Å². The Bertz CT molecular complexity index is 1280. The molecule has 4 rings (SSSR count). The first-order chi connectivity index (χ1) is 15.1. The second-order valence-electron chi connectivity index (χ2n) is 6.52. The third-order valence-electron chi connectivity index (χ3n) is 4.54. The molecule has 0 unspecified atom stereocenters. The van der Waals surface area contributed by atoms with Crippen molar-refractivity contribution >= 4 is 45.9 Å². The summed E-state index contributed by atoms with van der Waals surface area (Å²) in [5.41, 5.74) is 1.10. The highest BCUT2D eigenvalue weighted by molar-refractivity contribution is 7.99. The predicted molar refractivity (Wildman–Crippen MR) is 127 cm³/mol. The van der Waals surface area contributed by atoms with E-state index in [0.29, 0.717) is 49.9 Å². The smallest absolute Gasteiger partial charge is 0.266 e. The van der Waals surface area contributed by atoms with Gasteiger partial charge in [0.2, 0.25) is 0 Å². The van der Waals surface area contributed by atoms with Gasteiger partial charge in [-0.3, -0.25) is 9.36 Å². The quantitative estimate of drug-likeness (QED) is 0.191. The van der Waals surface area contributed by atoms with Crippen LogP contribution in [-0.2, 0) is 0 Å². The second kappa shape index (κ2) is 9.64. The van der Waals surface area contributed by atoms with E-state index >= 15 is 0 Å². The standard InChI is InChI=1S/C23H18Cl2N2O3S/c1-29-21-11-8-16(14-19(21)25)27-22(28)18-4-2-3-5-20(18)26-23(27)31-13-12-30-17-9-6-15(24)7-10-17/h2-11,14H,12-13H2,1H3. The topological polar surface area (TPSA) is 53.4 Å². The first kappa shape index (κ1) is 21.6. The average molecular weight is 473 g/mol. The minimum atomic E-state index is -0.159. The fourth-order valence-electron chi connectivity index (χ4n) is 3.05. The van der Waals surface area contributed by atoms with Crippen molar-refractivity contribution in [2.45, 2.75) is 5.16 Å². The lowest BCUT2D eigenvalue weighted by atomic mass is 10.2. The molecule has 0 aliphatic heterocycles. The van der Waals surface area contributed by atoms with Crippen LogP contribution in [0.1, 0.15) is 0 Å². The van der Waals surface area contributed by atoms with Gasteiger partial charge in [0.1, 0.15) is 11.5 Å². The number of hydrogen-bond donors (Lipinski definition) is 0. The third kappa shape index (κ3) is 4.82. The Hall–Kier alpha value is -2.67. The molecule has 1 heterocycles. The van der Waals surface area contributed by atoms with E-state index in [9.17, 15) is 4.79 Å². The molecule has 158 valence electrons. The van der Waals surface area contributed by atoms with Crippen LogP contribution in [0.2, 0.25) is 10.0 Å². The summed E-state index contributed by atoms with van der Waals surface area (Å²) in [5.74, 6) is 1.87. The normalized spacial score (nSPS) is 10.9. The number of ether oxygens (including phenoxy) is 2. The molecule has 0 aliphatic rings. The Morgan fingerprint density at radius 2 is 1.81 bits per heavy atom. The zero-order chi connectivity index (χ0) is 21.8. The van der Waals surface area contributed by atoms with Crippen LogP contribution in [0.25, 0.3) is 16.6 Å². The van der Waals surface area contributed by atoms with Crippen molar-refractivity contribution in [1.29, 1.82) is 0 Å². The molecule has 0 saturated carbocycles. The fraction of sp³-hybridized carbons (Fsp3) is 0.130. The summed E-state index contributed by atoms with van der Waals surface area (Å²) >= 11 is 13.7. The number of benzene rings is 3. The molecule has 5 nitrogen and oxygen atoms in total. The Morgan fingerprint density at radius 1 is 1.03 bits per heavy atom. The minimum absolute atomic E-state index is 0.159. The van der Waals surface area contributed by atoms with Gasteiger partial charge in [-0.25, -0.2) is 4.98 Å². The van der Waals surface area contributed by atoms with Crippen molar-refractivity contribution in [2.75, 3.05) is 19.5 Å². The van der Waals surface area contributed by atoms with Crippen LogP contribution in [0.5, 0.6) is 11.5 Å². The van der Waals surface area contributed by atoms with Gasteiger partial charge in [0.05, 0.1) is 35.3 Å². The largest absolute Gasteiger partial charge is 0.495 e. The monoisotopic (exact) mass is 472 g/mol. The highest BCUT2D eigenvalue weighted by Gasteiger charge is 2.14. The molecule has 3 aromatic carbocycles. The van der Waals surface area contributed by atoms with Gasteiger partial charge in [0, 0.05) is 10.8 Å². The molecule has 0 bridgehead atoms. The Labute approximate surface area is 193 Å². The fourth-order valence-corrected chi connectivity index (χ4v) is 4.26. The molecule has 0 N–H and O–H groups in total. The lowest BCUT2D eigenvalue weighted by molar-refractivity contribution is 0.344. The highest BCUT2D eigenvalue weighted by atomic mass is 35.5. The zero-order valence-corrected chi connectivity index (χ0v) is 18.9. The molecule has 0 fully saturated rings. The van der Waals surface area contributed by atoms with E-state index in [2.05, 4.69) is 0 Å². The number of fused-ring (bicyclic) bond motifs is 1. The van der Waals surface area contributed by atoms with Crippen LogP contribution in [0.3, 0.4) is 0 Å². The summed E-state index contributed by atoms with van der Waals surface area (Å²) in [5, 5.41) is 2.17. The highest BCUT2D eigenvalue weighted by Crippen LogP contribution is 2.28. The first-order valence-electron chi connectivity index (χ1n) is 9.43. The summed E-state index contributed by atoms with van der Waals surface area (Å²) in [6.45, 7) is 0.443. The summed E-state index contributed by atoms with van der Waals surface area (Å²) in [6, 6.07) is 19.7. The van der Waals surface area contributed by atoms with Crippen molar-refractivity contribution in [1.82, 2.24) is 9.55 Å². The molecule has 8 heteroatoms. The Balaban J connectivity index is 1.64. The SMILES string of the molecule is COc1ccc(-n2c(SCCOc3ccc(Cl)cc3)nc3ccccc3c2=O)cc1Cl. The van der Waals surface area contributed by atoms with Crippen molar-refractivity contribution in [3.8, 4) is 17.2 Å². The Kier molecular flexibility index (Phi) is 6.70. The molecule has 0 saturated heterocycles. The predicted octanol–water partition coefficient (Wildman–Crippen LogP) is 5.87. The number of rotatable bonds is 7. The number of methoxy groups -OCH3 is 1. The zero-order valence-electron chi connectivity index (χ0n) is 16.5. The molecular weight excluding hydrogens is 455 g/mol. The number of hydrogen-bond acceptors (Lipinski definition) is 5. The van der Waals surface area contributed by atoms with Crippen LogP contribution < -0.4 is 15.0 Å². The molecule has 0 spiro atoms. The summed E-state index contributed by atoms with van der Waals surface area (Å²) < 4.78 is 12.6. The summed E-state index contributed by atoms with van der Waals surface area (Å²) in [7, 11) is 1.55. The number of aromatic nitrogens is 2. The van der Waals surface area contributed by atoms with E-state index in [-0.39, 0.29) is 5.56 Å². The first-order valence-corrected chi connectivity index (χ1v) is 11.2. The molecule has 4 aromatic rings. The van der Waals surface area contributed by atoms with Gasteiger partial charge in [0.25, 0.3) is 5.56 Å². The summed E-state index contributed by atoms with van der Waals surface area (Å²) in [6.07, 6.45) is 0. The van der Waals surface area contributed by atoms with Crippen molar-refractivity contribution in [2.24, 2.45) is 0 Å². The number of thioether (sulfide) groups is 1. The number of halogens is 2. The molecule has 0 atom stereocenters. The van der Waals surface area contributed by atoms with Crippen LogP contribution in [0.15, 0.2) is 76.7 Å². The van der Waals surface area contributed by atoms with E-state index in [4.69, 9.17) is 37.7 Å². The molecule has 31 heavy (non-hydrogen) atoms. The van der Waals surface area contributed by atoms with Gasteiger partial charge in [-0.2, -0.15) is 0 Å². The third-order valence-corrected chi connectivity index (χ3v) is 5.99. The molecular formula is C23H18Cl2N2O3S. The summed E-state index contributed by atoms with van der Waals surface area (Å²) in [4.78, 5) is 18.0. The van der Waals surface area contributed by atoms with Gasteiger partial charge in [-0.05, 0) is 54.6 Å². The van der Waals surface area contributed by atoms with Crippen molar-refractivity contribution < 1.29 is 9.47 Å². The second-order valence-corrected chi connectivity index (χ2v) is 8.43. The molecule has 0 radical (unpaired) electrons. The van der Waals surface area contributed by atoms with E-state index in [0.717, 1.165) is 5.75 Å². The van der Waals surface area contributed by atoms with Gasteiger partial charge < -0.3 is 9.47 Å². The van der Waals surface area contributed by atoms with Crippen LogP contribution in [0, 0.1) is 0 Å². The lowest BCUT2D eigenvalue weighted by Gasteiger charge is -2.14. The molecule has 1 aromatic heterocycles. The maximum atomic E-state index is 13.3. The maximum absolute atomic E-state index is 13.3. The maximum Gasteiger partial charge on any atom is 0.266 e. The van der Waals surface area contributed by atoms with Crippen molar-refractivity contribution in [3.05, 3.63) is 87.1 Å². The van der Waals surface area contributed by atoms with Gasteiger partial charge in [-0.15, -0.1) is 0 Å². The van der Waals surface area contributed by atoms with E-state index in [1.165, 1.54) is 11.8 Å². The van der Waals surface area contributed by atoms with E-state index in [1.807, 2.05) is 30.3 Å². The molecule has 0 aliphatic carbocycles. The molecule has 0 amide bonds. The van der Waals surface area contributed by atoms with Crippen molar-refractivity contribution in [3.63, 3.8) is 0 Å². The average Bonchev–Trinajstić information content (AvgIpc) is 2.78. The minimum Gasteiger partial charge on any atom is -0.495 e.